The van der Waals surface area contributed by atoms with Crippen molar-refractivity contribution >= 4 is 6.29 Å². The molecule has 1 saturated heterocycles. The zero-order valence-electron chi connectivity index (χ0n) is 10.7. The van der Waals surface area contributed by atoms with Crippen LogP contribution in [0, 0.1) is 11.3 Å². The number of rotatable bonds is 3. The van der Waals surface area contributed by atoms with E-state index in [2.05, 4.69) is 18.7 Å². The third-order valence-corrected chi connectivity index (χ3v) is 4.59. The number of nitrogens with zero attached hydrogens (tertiary/aromatic N) is 1. The highest BCUT2D eigenvalue weighted by Crippen LogP contribution is 2.39. The fourth-order valence-corrected chi connectivity index (χ4v) is 3.62. The minimum absolute atomic E-state index is 0.0176. The summed E-state index contributed by atoms with van der Waals surface area (Å²) in [6.07, 6.45) is 8.67. The lowest BCUT2D eigenvalue weighted by atomic mass is 9.70. The van der Waals surface area contributed by atoms with Gasteiger partial charge in [-0.25, -0.2) is 0 Å². The molecule has 0 aromatic rings. The predicted octanol–water partition coefficient (Wildman–Crippen LogP) is 2.87. The first kappa shape index (κ1) is 12.1. The second kappa shape index (κ2) is 4.87. The van der Waals surface area contributed by atoms with Crippen LogP contribution in [0.15, 0.2) is 0 Å². The van der Waals surface area contributed by atoms with Gasteiger partial charge in [0.2, 0.25) is 0 Å². The molecule has 2 rings (SSSR count). The highest BCUT2D eigenvalue weighted by molar-refractivity contribution is 5.60. The topological polar surface area (TPSA) is 20.3 Å². The third-order valence-electron chi connectivity index (χ3n) is 4.59. The minimum Gasteiger partial charge on any atom is -0.303 e. The Labute approximate surface area is 99.4 Å². The van der Waals surface area contributed by atoms with Crippen molar-refractivity contribution in [1.29, 1.82) is 0 Å². The Kier molecular flexibility index (Phi) is 3.68. The standard InChI is InChI=1S/C14H25NO/c1-12-5-3-7-14(9-12,11-16)10-15-8-4-6-13(15)2/h11-13H,3-10H2,1-2H3. The van der Waals surface area contributed by atoms with Gasteiger partial charge in [0, 0.05) is 18.0 Å². The van der Waals surface area contributed by atoms with Crippen LogP contribution in [-0.4, -0.2) is 30.3 Å². The van der Waals surface area contributed by atoms with Gasteiger partial charge in [0.05, 0.1) is 0 Å². The number of hydrogen-bond donors (Lipinski definition) is 0. The molecule has 1 heterocycles. The fraction of sp³-hybridized carbons (Fsp3) is 0.929. The van der Waals surface area contributed by atoms with Crippen molar-refractivity contribution < 1.29 is 4.79 Å². The molecule has 2 fully saturated rings. The van der Waals surface area contributed by atoms with Gasteiger partial charge in [-0.05, 0) is 45.1 Å². The van der Waals surface area contributed by atoms with Gasteiger partial charge in [-0.15, -0.1) is 0 Å². The van der Waals surface area contributed by atoms with E-state index in [4.69, 9.17) is 0 Å². The summed E-state index contributed by atoms with van der Waals surface area (Å²) in [6.45, 7) is 6.82. The van der Waals surface area contributed by atoms with E-state index < -0.39 is 0 Å². The molecule has 2 nitrogen and oxygen atoms in total. The van der Waals surface area contributed by atoms with Crippen LogP contribution in [0.1, 0.15) is 52.4 Å². The number of carbonyl (C=O) groups is 1. The molecule has 0 amide bonds. The summed E-state index contributed by atoms with van der Waals surface area (Å²) in [7, 11) is 0. The maximum absolute atomic E-state index is 11.5. The maximum atomic E-state index is 11.5. The first-order chi connectivity index (χ1) is 7.65. The number of aldehydes is 1. The number of carbonyl (C=O) groups excluding carboxylic acids is 1. The molecular formula is C14H25NO. The summed E-state index contributed by atoms with van der Waals surface area (Å²) < 4.78 is 0. The predicted molar refractivity (Wildman–Crippen MR) is 66.4 cm³/mol. The second-order valence-electron chi connectivity index (χ2n) is 6.14. The molecule has 16 heavy (non-hydrogen) atoms. The normalized spacial score (nSPS) is 41.1. The van der Waals surface area contributed by atoms with Gasteiger partial charge in [0.25, 0.3) is 0 Å². The Morgan fingerprint density at radius 2 is 2.12 bits per heavy atom. The van der Waals surface area contributed by atoms with Gasteiger partial charge < -0.3 is 4.79 Å². The highest BCUT2D eigenvalue weighted by atomic mass is 16.1. The van der Waals surface area contributed by atoms with Gasteiger partial charge in [-0.2, -0.15) is 0 Å². The van der Waals surface area contributed by atoms with Crippen LogP contribution in [0.2, 0.25) is 0 Å². The van der Waals surface area contributed by atoms with E-state index in [1.807, 2.05) is 0 Å². The van der Waals surface area contributed by atoms with Gasteiger partial charge in [0.1, 0.15) is 6.29 Å². The van der Waals surface area contributed by atoms with Crippen LogP contribution in [-0.2, 0) is 4.79 Å². The first-order valence-corrected chi connectivity index (χ1v) is 6.86. The molecule has 0 aromatic heterocycles. The van der Waals surface area contributed by atoms with Crippen molar-refractivity contribution in [3.05, 3.63) is 0 Å². The Bertz CT molecular complexity index is 253. The van der Waals surface area contributed by atoms with Crippen LogP contribution in [0.3, 0.4) is 0 Å². The second-order valence-corrected chi connectivity index (χ2v) is 6.14. The van der Waals surface area contributed by atoms with Gasteiger partial charge in [0.15, 0.2) is 0 Å². The monoisotopic (exact) mass is 223 g/mol. The van der Waals surface area contributed by atoms with E-state index in [1.165, 1.54) is 38.5 Å². The molecule has 92 valence electrons. The molecule has 3 unspecified atom stereocenters. The molecule has 0 radical (unpaired) electrons. The molecule has 1 aliphatic heterocycles. The zero-order chi connectivity index (χ0) is 11.6. The van der Waals surface area contributed by atoms with Crippen LogP contribution < -0.4 is 0 Å². The van der Waals surface area contributed by atoms with Crippen LogP contribution in [0.5, 0.6) is 0 Å². The lowest BCUT2D eigenvalue weighted by molar-refractivity contribution is -0.120. The van der Waals surface area contributed by atoms with Gasteiger partial charge in [-0.3, -0.25) is 4.90 Å². The smallest absolute Gasteiger partial charge is 0.127 e. The first-order valence-electron chi connectivity index (χ1n) is 6.86. The van der Waals surface area contributed by atoms with Crippen molar-refractivity contribution in [2.45, 2.75) is 58.4 Å². The maximum Gasteiger partial charge on any atom is 0.127 e. The average Bonchev–Trinajstić information content (AvgIpc) is 2.64. The van der Waals surface area contributed by atoms with E-state index >= 15 is 0 Å². The van der Waals surface area contributed by atoms with E-state index in [9.17, 15) is 4.79 Å². The molecule has 3 atom stereocenters. The van der Waals surface area contributed by atoms with Crippen molar-refractivity contribution in [1.82, 2.24) is 4.90 Å². The summed E-state index contributed by atoms with van der Waals surface area (Å²) in [6, 6.07) is 0.689. The summed E-state index contributed by atoms with van der Waals surface area (Å²) in [5.41, 5.74) is -0.0176. The van der Waals surface area contributed by atoms with Crippen molar-refractivity contribution in [2.75, 3.05) is 13.1 Å². The summed E-state index contributed by atoms with van der Waals surface area (Å²) in [4.78, 5) is 14.0. The summed E-state index contributed by atoms with van der Waals surface area (Å²) in [5, 5.41) is 0. The summed E-state index contributed by atoms with van der Waals surface area (Å²) >= 11 is 0. The lowest BCUT2D eigenvalue weighted by Crippen LogP contribution is -2.43. The van der Waals surface area contributed by atoms with Crippen LogP contribution in [0.25, 0.3) is 0 Å². The van der Waals surface area contributed by atoms with E-state index in [-0.39, 0.29) is 5.41 Å². The molecule has 1 aliphatic carbocycles. The van der Waals surface area contributed by atoms with Gasteiger partial charge in [-0.1, -0.05) is 19.8 Å². The Morgan fingerprint density at radius 3 is 2.69 bits per heavy atom. The SMILES string of the molecule is CC1CCCC(C=O)(CN2CCCC2C)C1. The molecule has 0 spiro atoms. The third kappa shape index (κ3) is 2.48. The van der Waals surface area contributed by atoms with Crippen molar-refractivity contribution in [3.63, 3.8) is 0 Å². The summed E-state index contributed by atoms with van der Waals surface area (Å²) in [5.74, 6) is 0.733. The molecule has 1 saturated carbocycles. The largest absolute Gasteiger partial charge is 0.303 e. The number of likely N-dealkylation sites (tertiary alicyclic amines) is 1. The van der Waals surface area contributed by atoms with Crippen LogP contribution in [0.4, 0.5) is 0 Å². The molecule has 2 heteroatoms. The van der Waals surface area contributed by atoms with Crippen molar-refractivity contribution in [3.8, 4) is 0 Å². The minimum atomic E-state index is -0.0176. The van der Waals surface area contributed by atoms with Gasteiger partial charge >= 0.3 is 0 Å². The van der Waals surface area contributed by atoms with E-state index in [0.717, 1.165) is 25.3 Å². The highest BCUT2D eigenvalue weighted by Gasteiger charge is 2.38. The van der Waals surface area contributed by atoms with Crippen LogP contribution >= 0.6 is 0 Å². The van der Waals surface area contributed by atoms with E-state index in [0.29, 0.717) is 6.04 Å². The Morgan fingerprint density at radius 1 is 1.31 bits per heavy atom. The molecule has 2 aliphatic rings. The Hall–Kier alpha value is -0.370. The molecular weight excluding hydrogens is 198 g/mol. The molecule has 0 N–H and O–H groups in total. The fourth-order valence-electron chi connectivity index (χ4n) is 3.62. The molecule has 0 bridgehead atoms. The average molecular weight is 223 g/mol. The molecule has 0 aromatic carbocycles. The van der Waals surface area contributed by atoms with E-state index in [1.54, 1.807) is 0 Å². The lowest BCUT2D eigenvalue weighted by Gasteiger charge is -2.39. The number of hydrogen-bond acceptors (Lipinski definition) is 2. The zero-order valence-corrected chi connectivity index (χ0v) is 10.7. The quantitative estimate of drug-likeness (QED) is 0.686. The Balaban J connectivity index is 2.00. The van der Waals surface area contributed by atoms with Crippen molar-refractivity contribution in [2.24, 2.45) is 11.3 Å².